The van der Waals surface area contributed by atoms with Gasteiger partial charge in [0.2, 0.25) is 0 Å². The lowest BCUT2D eigenvalue weighted by Crippen LogP contribution is -2.36. The summed E-state index contributed by atoms with van der Waals surface area (Å²) in [5.74, 6) is 1.85. The monoisotopic (exact) mass is 704 g/mol. The van der Waals surface area contributed by atoms with Crippen molar-refractivity contribution < 1.29 is 4.57 Å². The zero-order chi connectivity index (χ0) is 34.6. The zero-order valence-corrected chi connectivity index (χ0v) is 29.5. The Kier molecular flexibility index (Phi) is 7.20. The molecule has 7 aromatic carbocycles. The van der Waals surface area contributed by atoms with E-state index in [-0.39, 0.29) is 0 Å². The van der Waals surface area contributed by atoms with Crippen molar-refractivity contribution in [3.8, 4) is 34.2 Å². The molecule has 1 aliphatic rings. The molecule has 7 heteroatoms. The van der Waals surface area contributed by atoms with Crippen LogP contribution in [0, 0.1) is 0 Å². The molecular formula is C45H29N4OPS. The van der Waals surface area contributed by atoms with Crippen LogP contribution in [-0.4, -0.2) is 15.0 Å². The van der Waals surface area contributed by atoms with Crippen molar-refractivity contribution in [1.82, 2.24) is 15.0 Å². The van der Waals surface area contributed by atoms with E-state index < -0.39 is 7.14 Å². The normalized spacial score (nSPS) is 15.0. The number of aromatic nitrogens is 3. The van der Waals surface area contributed by atoms with Gasteiger partial charge in [0.1, 0.15) is 0 Å². The number of fused-ring (bicyclic) bond motifs is 5. The van der Waals surface area contributed by atoms with E-state index in [0.717, 1.165) is 69.8 Å². The summed E-state index contributed by atoms with van der Waals surface area (Å²) in [6.45, 7) is 0. The highest BCUT2D eigenvalue weighted by Gasteiger charge is 2.41. The van der Waals surface area contributed by atoms with Gasteiger partial charge in [-0.15, -0.1) is 11.3 Å². The minimum atomic E-state index is -3.28. The average Bonchev–Trinajstić information content (AvgIpc) is 3.58. The summed E-state index contributed by atoms with van der Waals surface area (Å²) >= 11 is 1.74. The number of nitrogens with zero attached hydrogens (tertiary/aromatic N) is 4. The molecule has 0 fully saturated rings. The second-order valence-electron chi connectivity index (χ2n) is 12.8. The predicted octanol–water partition coefficient (Wildman–Crippen LogP) is 10.7. The van der Waals surface area contributed by atoms with Crippen molar-refractivity contribution in [2.75, 3.05) is 4.90 Å². The van der Waals surface area contributed by atoms with Crippen LogP contribution in [0.2, 0.25) is 0 Å². The van der Waals surface area contributed by atoms with E-state index in [0.29, 0.717) is 17.5 Å². The van der Waals surface area contributed by atoms with Crippen LogP contribution in [0.15, 0.2) is 176 Å². The largest absolute Gasteiger partial charge is 0.309 e. The number of thiophene rings is 1. The van der Waals surface area contributed by atoms with Crippen LogP contribution < -0.4 is 20.8 Å². The molecule has 52 heavy (non-hydrogen) atoms. The smallest absolute Gasteiger partial charge is 0.175 e. The number of anilines is 3. The van der Waals surface area contributed by atoms with Crippen molar-refractivity contribution in [3.63, 3.8) is 0 Å². The molecule has 0 spiro atoms. The Morgan fingerprint density at radius 2 is 0.981 bits per heavy atom. The Morgan fingerprint density at radius 1 is 0.442 bits per heavy atom. The van der Waals surface area contributed by atoms with Gasteiger partial charge in [-0.1, -0.05) is 121 Å². The van der Waals surface area contributed by atoms with Gasteiger partial charge in [-0.25, -0.2) is 15.0 Å². The van der Waals surface area contributed by atoms with Crippen LogP contribution in [0.5, 0.6) is 0 Å². The summed E-state index contributed by atoms with van der Waals surface area (Å²) in [4.78, 5) is 17.2. The molecule has 0 bridgehead atoms. The van der Waals surface area contributed by atoms with Crippen LogP contribution in [0.1, 0.15) is 0 Å². The third-order valence-electron chi connectivity index (χ3n) is 9.70. The van der Waals surface area contributed by atoms with Crippen molar-refractivity contribution in [1.29, 1.82) is 0 Å². The maximum atomic E-state index is 15.9. The first kappa shape index (κ1) is 30.6. The molecule has 1 unspecified atom stereocenters. The number of hydrogen-bond acceptors (Lipinski definition) is 6. The van der Waals surface area contributed by atoms with Gasteiger partial charge in [-0.2, -0.15) is 0 Å². The molecule has 0 amide bonds. The van der Waals surface area contributed by atoms with Crippen molar-refractivity contribution in [3.05, 3.63) is 176 Å². The van der Waals surface area contributed by atoms with E-state index >= 15 is 4.57 Å². The van der Waals surface area contributed by atoms with Gasteiger partial charge in [0, 0.05) is 58.5 Å². The topological polar surface area (TPSA) is 59.0 Å². The lowest BCUT2D eigenvalue weighted by atomic mass is 10.1. The van der Waals surface area contributed by atoms with Gasteiger partial charge >= 0.3 is 0 Å². The second-order valence-corrected chi connectivity index (χ2v) is 16.6. The van der Waals surface area contributed by atoms with Crippen LogP contribution in [0.4, 0.5) is 17.1 Å². The fourth-order valence-electron chi connectivity index (χ4n) is 7.26. The predicted molar refractivity (Wildman–Crippen MR) is 217 cm³/mol. The minimum Gasteiger partial charge on any atom is -0.309 e. The lowest BCUT2D eigenvalue weighted by molar-refractivity contribution is 0.592. The maximum absolute atomic E-state index is 15.9. The molecule has 0 saturated heterocycles. The van der Waals surface area contributed by atoms with E-state index in [4.69, 9.17) is 15.0 Å². The molecule has 0 aliphatic carbocycles. The summed E-state index contributed by atoms with van der Waals surface area (Å²) in [6.07, 6.45) is 0. The van der Waals surface area contributed by atoms with Gasteiger partial charge in [0.15, 0.2) is 24.6 Å². The highest BCUT2D eigenvalue weighted by molar-refractivity contribution is 7.86. The van der Waals surface area contributed by atoms with Gasteiger partial charge < -0.3 is 9.46 Å². The summed E-state index contributed by atoms with van der Waals surface area (Å²) in [7, 11) is -3.28. The summed E-state index contributed by atoms with van der Waals surface area (Å²) < 4.78 is 18.2. The van der Waals surface area contributed by atoms with Crippen LogP contribution in [0.3, 0.4) is 0 Å². The van der Waals surface area contributed by atoms with E-state index in [1.165, 1.54) is 0 Å². The molecule has 0 radical (unpaired) electrons. The first-order valence-electron chi connectivity index (χ1n) is 17.1. The molecule has 3 heterocycles. The number of benzene rings is 7. The molecule has 1 atom stereocenters. The summed E-state index contributed by atoms with van der Waals surface area (Å²) in [6, 6.07) is 59.4. The highest BCUT2D eigenvalue weighted by Crippen LogP contribution is 2.55. The van der Waals surface area contributed by atoms with Crippen molar-refractivity contribution in [2.24, 2.45) is 0 Å². The molecule has 2 aromatic heterocycles. The first-order chi connectivity index (χ1) is 25.6. The second kappa shape index (κ2) is 12.2. The van der Waals surface area contributed by atoms with Gasteiger partial charge in [-0.3, -0.25) is 0 Å². The Morgan fingerprint density at radius 3 is 1.63 bits per heavy atom. The molecule has 246 valence electrons. The third-order valence-corrected chi connectivity index (χ3v) is 14.0. The van der Waals surface area contributed by atoms with Crippen molar-refractivity contribution >= 4 is 71.6 Å². The highest BCUT2D eigenvalue weighted by atomic mass is 32.1. The Bertz CT molecular complexity index is 2770. The Labute approximate surface area is 304 Å². The molecule has 5 nitrogen and oxygen atoms in total. The van der Waals surface area contributed by atoms with E-state index in [9.17, 15) is 0 Å². The third kappa shape index (κ3) is 4.91. The maximum Gasteiger partial charge on any atom is 0.175 e. The summed E-state index contributed by atoms with van der Waals surface area (Å²) in [5.41, 5.74) is 5.65. The summed E-state index contributed by atoms with van der Waals surface area (Å²) in [5, 5.41) is 4.63. The SMILES string of the molecule is O=P1(c2ccccc2)c2ccccc2N(c2ccccc2)c2cc3sc4ccc(-c5nc(-c6ccccc6)nc(-c6ccccc6)n5)cc4c3cc21. The average molecular weight is 705 g/mol. The van der Waals surface area contributed by atoms with Crippen LogP contribution >= 0.6 is 18.5 Å². The van der Waals surface area contributed by atoms with Crippen LogP contribution in [-0.2, 0) is 4.57 Å². The quantitative estimate of drug-likeness (QED) is 0.167. The Hall–Kier alpha value is -6.20. The van der Waals surface area contributed by atoms with E-state index in [1.807, 2.05) is 115 Å². The number of rotatable bonds is 5. The molecule has 0 saturated carbocycles. The molecule has 10 rings (SSSR count). The molecule has 0 N–H and O–H groups in total. The lowest BCUT2D eigenvalue weighted by Gasteiger charge is -2.38. The fraction of sp³-hybridized carbons (Fsp3) is 0. The minimum absolute atomic E-state index is 0.603. The standard InChI is InChI=1S/C45H29N4OPS/c50-51(34-21-11-4-12-22-34)39-24-14-13-23-37(39)49(33-19-9-3-10-20-33)38-29-42-36(28-40(38)51)35-27-32(25-26-41(35)52-42)45-47-43(30-15-5-1-6-16-30)46-44(48-45)31-17-7-2-8-18-31/h1-29H. The number of hydrogen-bond donors (Lipinski definition) is 0. The van der Waals surface area contributed by atoms with E-state index in [1.54, 1.807) is 11.3 Å². The molecule has 9 aromatic rings. The van der Waals surface area contributed by atoms with Gasteiger partial charge in [0.25, 0.3) is 0 Å². The zero-order valence-electron chi connectivity index (χ0n) is 27.8. The van der Waals surface area contributed by atoms with Crippen molar-refractivity contribution in [2.45, 2.75) is 0 Å². The first-order valence-corrected chi connectivity index (χ1v) is 19.7. The molecule has 1 aliphatic heterocycles. The Balaban J connectivity index is 1.22. The van der Waals surface area contributed by atoms with Crippen LogP contribution in [0.25, 0.3) is 54.3 Å². The number of para-hydroxylation sites is 2. The molecular weight excluding hydrogens is 676 g/mol. The van der Waals surface area contributed by atoms with Gasteiger partial charge in [-0.05, 0) is 54.6 Å². The van der Waals surface area contributed by atoms with Gasteiger partial charge in [0.05, 0.1) is 11.4 Å². The van der Waals surface area contributed by atoms with E-state index in [2.05, 4.69) is 65.6 Å². The fourth-order valence-corrected chi connectivity index (χ4v) is 11.4.